The van der Waals surface area contributed by atoms with Gasteiger partial charge in [0.2, 0.25) is 0 Å². The van der Waals surface area contributed by atoms with Crippen molar-refractivity contribution in [3.63, 3.8) is 0 Å². The summed E-state index contributed by atoms with van der Waals surface area (Å²) in [6.07, 6.45) is 0.987. The van der Waals surface area contributed by atoms with Crippen LogP contribution in [0.5, 0.6) is 0 Å². The van der Waals surface area contributed by atoms with Crippen LogP contribution in [0, 0.1) is 5.92 Å². The van der Waals surface area contributed by atoms with Crippen LogP contribution in [-0.4, -0.2) is 19.8 Å². The normalized spacial score (nSPS) is 14.4. The molecule has 0 heterocycles. The molecule has 0 radical (unpaired) electrons. The van der Waals surface area contributed by atoms with E-state index in [1.54, 1.807) is 0 Å². The first-order valence-corrected chi connectivity index (χ1v) is 8.33. The standard InChI is InChI=1S/C10H22OSi/c1-9(7-11)6-10(2)8-12(3,4)5/h9,11H,2,6-8H2,1,3-5H3/t9-/m0/s1. The Hall–Kier alpha value is -0.0831. The maximum atomic E-state index is 8.85. The molecule has 0 aliphatic carbocycles. The van der Waals surface area contributed by atoms with Gasteiger partial charge in [-0.1, -0.05) is 32.1 Å². The Labute approximate surface area is 77.5 Å². The van der Waals surface area contributed by atoms with Crippen LogP contribution in [0.1, 0.15) is 13.3 Å². The van der Waals surface area contributed by atoms with E-state index in [1.807, 2.05) is 0 Å². The Balaban J connectivity index is 3.75. The summed E-state index contributed by atoms with van der Waals surface area (Å²) in [4.78, 5) is 0. The third-order valence-corrected chi connectivity index (χ3v) is 3.29. The lowest BCUT2D eigenvalue weighted by Gasteiger charge is -2.19. The molecule has 0 saturated heterocycles. The predicted octanol–water partition coefficient (Wildman–Crippen LogP) is 2.90. The fraction of sp³-hybridized carbons (Fsp3) is 0.800. The zero-order chi connectivity index (χ0) is 9.78. The van der Waals surface area contributed by atoms with E-state index in [9.17, 15) is 0 Å². The van der Waals surface area contributed by atoms with E-state index in [-0.39, 0.29) is 6.61 Å². The Bertz CT molecular complexity index is 146. The number of allylic oxidation sites excluding steroid dienone is 1. The molecule has 1 atom stereocenters. The highest BCUT2D eigenvalue weighted by Crippen LogP contribution is 2.20. The zero-order valence-electron chi connectivity index (χ0n) is 8.85. The van der Waals surface area contributed by atoms with Crippen molar-refractivity contribution in [2.45, 2.75) is 39.0 Å². The molecule has 0 aromatic rings. The van der Waals surface area contributed by atoms with E-state index < -0.39 is 8.07 Å². The van der Waals surface area contributed by atoms with Gasteiger partial charge < -0.3 is 5.11 Å². The quantitative estimate of drug-likeness (QED) is 0.517. The minimum Gasteiger partial charge on any atom is -0.396 e. The van der Waals surface area contributed by atoms with Crippen molar-refractivity contribution in [3.8, 4) is 0 Å². The van der Waals surface area contributed by atoms with E-state index in [0.29, 0.717) is 5.92 Å². The van der Waals surface area contributed by atoms with Gasteiger partial charge >= 0.3 is 0 Å². The number of rotatable bonds is 5. The first-order valence-electron chi connectivity index (χ1n) is 4.62. The van der Waals surface area contributed by atoms with E-state index in [2.05, 4.69) is 33.1 Å². The number of aliphatic hydroxyl groups excluding tert-OH is 1. The van der Waals surface area contributed by atoms with E-state index >= 15 is 0 Å². The lowest BCUT2D eigenvalue weighted by molar-refractivity contribution is 0.237. The van der Waals surface area contributed by atoms with Crippen LogP contribution >= 0.6 is 0 Å². The van der Waals surface area contributed by atoms with E-state index in [0.717, 1.165) is 6.42 Å². The molecule has 0 saturated carbocycles. The van der Waals surface area contributed by atoms with Gasteiger partial charge in [-0.05, 0) is 18.4 Å². The molecule has 0 aliphatic heterocycles. The highest BCUT2D eigenvalue weighted by Gasteiger charge is 2.15. The second-order valence-electron chi connectivity index (χ2n) is 4.98. The molecule has 0 fully saturated rings. The van der Waals surface area contributed by atoms with Gasteiger partial charge in [0.25, 0.3) is 0 Å². The third-order valence-electron chi connectivity index (χ3n) is 1.73. The van der Waals surface area contributed by atoms with E-state index in [4.69, 9.17) is 5.11 Å². The molecular weight excluding hydrogens is 164 g/mol. The molecule has 0 aromatic carbocycles. The molecule has 0 spiro atoms. The Kier molecular flexibility index (Phi) is 4.79. The fourth-order valence-corrected chi connectivity index (χ4v) is 3.02. The molecule has 0 unspecified atom stereocenters. The smallest absolute Gasteiger partial charge is 0.0483 e. The van der Waals surface area contributed by atoms with Crippen molar-refractivity contribution >= 4 is 8.07 Å². The van der Waals surface area contributed by atoms with Gasteiger partial charge in [0.15, 0.2) is 0 Å². The molecular formula is C10H22OSi. The van der Waals surface area contributed by atoms with Gasteiger partial charge in [-0.25, -0.2) is 0 Å². The average molecular weight is 186 g/mol. The fourth-order valence-electron chi connectivity index (χ4n) is 1.38. The molecule has 1 nitrogen and oxygen atoms in total. The molecule has 0 rings (SSSR count). The van der Waals surface area contributed by atoms with Crippen molar-refractivity contribution in [1.82, 2.24) is 0 Å². The summed E-state index contributed by atoms with van der Waals surface area (Å²) in [7, 11) is -0.981. The van der Waals surface area contributed by atoms with Crippen molar-refractivity contribution in [1.29, 1.82) is 0 Å². The lowest BCUT2D eigenvalue weighted by Crippen LogP contribution is -2.20. The molecule has 0 aliphatic rings. The second kappa shape index (κ2) is 4.82. The maximum absolute atomic E-state index is 8.85. The predicted molar refractivity (Wildman–Crippen MR) is 58.2 cm³/mol. The van der Waals surface area contributed by atoms with Crippen LogP contribution in [0.3, 0.4) is 0 Å². The Morgan fingerprint density at radius 2 is 1.92 bits per heavy atom. The molecule has 0 aromatic heterocycles. The van der Waals surface area contributed by atoms with Crippen LogP contribution in [0.4, 0.5) is 0 Å². The van der Waals surface area contributed by atoms with Gasteiger partial charge in [0.05, 0.1) is 0 Å². The van der Waals surface area contributed by atoms with Gasteiger partial charge in [0, 0.05) is 14.7 Å². The van der Waals surface area contributed by atoms with Gasteiger partial charge in [-0.3, -0.25) is 0 Å². The number of hydrogen-bond donors (Lipinski definition) is 1. The van der Waals surface area contributed by atoms with Crippen molar-refractivity contribution < 1.29 is 5.11 Å². The molecule has 2 heteroatoms. The minimum atomic E-state index is -0.981. The maximum Gasteiger partial charge on any atom is 0.0483 e. The first-order chi connectivity index (χ1) is 5.35. The highest BCUT2D eigenvalue weighted by atomic mass is 28.3. The van der Waals surface area contributed by atoms with Crippen LogP contribution in [-0.2, 0) is 0 Å². The van der Waals surface area contributed by atoms with Crippen molar-refractivity contribution in [2.24, 2.45) is 5.92 Å². The number of aliphatic hydroxyl groups is 1. The molecule has 1 N–H and O–H groups in total. The van der Waals surface area contributed by atoms with E-state index in [1.165, 1.54) is 11.6 Å². The summed E-state index contributed by atoms with van der Waals surface area (Å²) in [6, 6.07) is 1.19. The lowest BCUT2D eigenvalue weighted by atomic mass is 10.0. The third kappa shape index (κ3) is 6.62. The highest BCUT2D eigenvalue weighted by molar-refractivity contribution is 6.76. The van der Waals surface area contributed by atoms with Crippen LogP contribution < -0.4 is 0 Å². The largest absolute Gasteiger partial charge is 0.396 e. The minimum absolute atomic E-state index is 0.282. The Morgan fingerprint density at radius 1 is 1.42 bits per heavy atom. The molecule has 0 bridgehead atoms. The topological polar surface area (TPSA) is 20.2 Å². The van der Waals surface area contributed by atoms with Gasteiger partial charge in [-0.15, -0.1) is 6.58 Å². The molecule has 72 valence electrons. The zero-order valence-corrected chi connectivity index (χ0v) is 9.85. The summed E-state index contributed by atoms with van der Waals surface area (Å²) in [5, 5.41) is 8.85. The summed E-state index contributed by atoms with van der Waals surface area (Å²) < 4.78 is 0. The molecule has 12 heavy (non-hydrogen) atoms. The van der Waals surface area contributed by atoms with Crippen LogP contribution in [0.25, 0.3) is 0 Å². The summed E-state index contributed by atoms with van der Waals surface area (Å²) in [5.41, 5.74) is 1.32. The van der Waals surface area contributed by atoms with Crippen molar-refractivity contribution in [3.05, 3.63) is 12.2 Å². The Morgan fingerprint density at radius 3 is 2.25 bits per heavy atom. The summed E-state index contributed by atoms with van der Waals surface area (Å²) in [6.45, 7) is 13.4. The first kappa shape index (κ1) is 11.9. The second-order valence-corrected chi connectivity index (χ2v) is 10.5. The van der Waals surface area contributed by atoms with Crippen molar-refractivity contribution in [2.75, 3.05) is 6.61 Å². The SMILES string of the molecule is C=C(C[C@H](C)CO)C[Si](C)(C)C. The monoisotopic (exact) mass is 186 g/mol. The van der Waals surface area contributed by atoms with Crippen LogP contribution in [0.2, 0.25) is 25.7 Å². The summed E-state index contributed by atoms with van der Waals surface area (Å²) in [5.74, 6) is 0.383. The average Bonchev–Trinajstić information content (AvgIpc) is 1.82. The van der Waals surface area contributed by atoms with Gasteiger partial charge in [-0.2, -0.15) is 0 Å². The number of hydrogen-bond acceptors (Lipinski definition) is 1. The summed E-state index contributed by atoms with van der Waals surface area (Å²) >= 11 is 0. The molecule has 0 amide bonds. The van der Waals surface area contributed by atoms with Crippen LogP contribution in [0.15, 0.2) is 12.2 Å². The van der Waals surface area contributed by atoms with Gasteiger partial charge in [0.1, 0.15) is 0 Å².